The fourth-order valence-corrected chi connectivity index (χ4v) is 3.44. The average molecular weight is 523 g/mol. The minimum Gasteiger partial charge on any atom is -0.450 e. The third-order valence-corrected chi connectivity index (χ3v) is 5.09. The first-order valence-electron chi connectivity index (χ1n) is 11.7. The van der Waals surface area contributed by atoms with Crippen LogP contribution < -0.4 is 21.3 Å². The molecule has 2 aromatic heterocycles. The second-order valence-electron chi connectivity index (χ2n) is 7.63. The maximum Gasteiger partial charge on any atom is 0.408 e. The van der Waals surface area contributed by atoms with E-state index in [9.17, 15) is 9.59 Å². The molecule has 2 atom stereocenters. The third-order valence-electron chi connectivity index (χ3n) is 5.09. The molecule has 4 N–H and O–H groups in total. The van der Waals surface area contributed by atoms with E-state index in [1.165, 1.54) is 0 Å². The summed E-state index contributed by atoms with van der Waals surface area (Å²) in [5, 5.41) is 27.2. The number of alkyl carbamates (subject to hydrolysis) is 2. The number of rotatable bonds is 11. The monoisotopic (exact) mass is 522 g/mol. The van der Waals surface area contributed by atoms with Crippen LogP contribution in [-0.2, 0) is 9.47 Å². The molecule has 38 heavy (non-hydrogen) atoms. The Morgan fingerprint density at radius 2 is 1.08 bits per heavy atom. The van der Waals surface area contributed by atoms with Gasteiger partial charge in [0.05, 0.1) is 13.2 Å². The van der Waals surface area contributed by atoms with Gasteiger partial charge in [0.15, 0.2) is 11.4 Å². The first kappa shape index (κ1) is 25.9. The van der Waals surface area contributed by atoms with Crippen molar-refractivity contribution in [1.82, 2.24) is 31.3 Å². The highest BCUT2D eigenvalue weighted by atomic mass is 16.6. The summed E-state index contributed by atoms with van der Waals surface area (Å²) in [7, 11) is 0. The molecular formula is C24H26N8O6. The molecule has 0 fully saturated rings. The summed E-state index contributed by atoms with van der Waals surface area (Å²) in [5.41, 5.74) is 2.18. The van der Waals surface area contributed by atoms with Gasteiger partial charge < -0.3 is 20.1 Å². The van der Waals surface area contributed by atoms with Crippen LogP contribution >= 0.6 is 0 Å². The van der Waals surface area contributed by atoms with Crippen LogP contribution in [0.3, 0.4) is 0 Å². The number of amides is 2. The van der Waals surface area contributed by atoms with Crippen LogP contribution in [0.25, 0.3) is 22.5 Å². The standard InChI is InChI=1S/C24H26N8O6/c1-3-35-23(33)27-21(25-19-17(29-37-31-19)15-11-7-5-8-12-15)22(28-24(34)36-4-2)26-20-18(30-38-32-20)16-13-9-6-10-14-16/h5-14,21-22H,3-4H2,1-2H3,(H,25,31)(H,26,32)(H,27,33)(H,28,34). The molecule has 14 heteroatoms. The molecular weight excluding hydrogens is 496 g/mol. The van der Waals surface area contributed by atoms with Crippen molar-refractivity contribution in [3.05, 3.63) is 60.7 Å². The van der Waals surface area contributed by atoms with E-state index in [0.29, 0.717) is 22.5 Å². The Bertz CT molecular complexity index is 1210. The van der Waals surface area contributed by atoms with Crippen molar-refractivity contribution in [3.8, 4) is 22.5 Å². The number of carbonyl (C=O) groups is 2. The molecule has 0 bridgehead atoms. The quantitative estimate of drug-likeness (QED) is 0.211. The van der Waals surface area contributed by atoms with Crippen LogP contribution in [0, 0.1) is 0 Å². The zero-order valence-corrected chi connectivity index (χ0v) is 20.6. The van der Waals surface area contributed by atoms with Gasteiger partial charge in [-0.05, 0) is 34.5 Å². The number of hydrogen-bond donors (Lipinski definition) is 4. The van der Waals surface area contributed by atoms with Crippen molar-refractivity contribution in [2.75, 3.05) is 23.8 Å². The van der Waals surface area contributed by atoms with Crippen molar-refractivity contribution >= 4 is 23.8 Å². The highest BCUT2D eigenvalue weighted by Gasteiger charge is 2.30. The maximum atomic E-state index is 12.5. The molecule has 4 rings (SSSR count). The Balaban J connectivity index is 1.68. The number of carbonyl (C=O) groups excluding carboxylic acids is 2. The van der Waals surface area contributed by atoms with Crippen LogP contribution in [0.15, 0.2) is 69.9 Å². The van der Waals surface area contributed by atoms with Gasteiger partial charge in [-0.2, -0.15) is 0 Å². The Labute approximate surface area is 217 Å². The van der Waals surface area contributed by atoms with Gasteiger partial charge in [-0.15, -0.1) is 0 Å². The zero-order chi connectivity index (χ0) is 26.7. The molecule has 2 unspecified atom stereocenters. The lowest BCUT2D eigenvalue weighted by molar-refractivity contribution is 0.139. The molecule has 0 aliphatic carbocycles. The minimum absolute atomic E-state index is 0.119. The summed E-state index contributed by atoms with van der Waals surface area (Å²) in [5.74, 6) is 0.383. The molecule has 2 aromatic carbocycles. The van der Waals surface area contributed by atoms with E-state index in [4.69, 9.17) is 18.7 Å². The molecule has 0 radical (unpaired) electrons. The van der Waals surface area contributed by atoms with Gasteiger partial charge in [0.2, 0.25) is 11.6 Å². The van der Waals surface area contributed by atoms with Crippen LogP contribution in [0.1, 0.15) is 13.8 Å². The number of ether oxygens (including phenoxy) is 2. The number of aromatic nitrogens is 4. The molecule has 4 aromatic rings. The first-order valence-corrected chi connectivity index (χ1v) is 11.7. The van der Waals surface area contributed by atoms with E-state index < -0.39 is 24.5 Å². The second-order valence-corrected chi connectivity index (χ2v) is 7.63. The van der Waals surface area contributed by atoms with Crippen LogP contribution in [0.5, 0.6) is 0 Å². The highest BCUT2D eigenvalue weighted by Crippen LogP contribution is 2.26. The van der Waals surface area contributed by atoms with Crippen molar-refractivity contribution in [1.29, 1.82) is 0 Å². The Morgan fingerprint density at radius 3 is 1.45 bits per heavy atom. The molecule has 14 nitrogen and oxygen atoms in total. The van der Waals surface area contributed by atoms with E-state index in [1.54, 1.807) is 13.8 Å². The number of anilines is 2. The molecule has 2 heterocycles. The van der Waals surface area contributed by atoms with Crippen molar-refractivity contribution in [2.45, 2.75) is 26.2 Å². The van der Waals surface area contributed by atoms with E-state index in [1.807, 2.05) is 60.7 Å². The molecule has 0 spiro atoms. The average Bonchev–Trinajstić information content (AvgIpc) is 3.59. The predicted molar refractivity (Wildman–Crippen MR) is 135 cm³/mol. The predicted octanol–water partition coefficient (Wildman–Crippen LogP) is 3.46. The lowest BCUT2D eigenvalue weighted by Gasteiger charge is -2.29. The van der Waals surface area contributed by atoms with Crippen molar-refractivity contribution in [3.63, 3.8) is 0 Å². The first-order chi connectivity index (χ1) is 18.6. The van der Waals surface area contributed by atoms with Gasteiger partial charge in [0.1, 0.15) is 12.3 Å². The number of nitrogens with zero attached hydrogens (tertiary/aromatic N) is 4. The molecule has 198 valence electrons. The Hall–Kier alpha value is -5.14. The summed E-state index contributed by atoms with van der Waals surface area (Å²) >= 11 is 0. The normalized spacial score (nSPS) is 12.2. The van der Waals surface area contributed by atoms with Gasteiger partial charge in [-0.1, -0.05) is 60.7 Å². The van der Waals surface area contributed by atoms with Crippen LogP contribution in [0.2, 0.25) is 0 Å². The van der Waals surface area contributed by atoms with Crippen LogP contribution in [-0.4, -0.2) is 58.4 Å². The summed E-state index contributed by atoms with van der Waals surface area (Å²) in [6.07, 6.45) is -3.70. The molecule has 0 aliphatic rings. The smallest absolute Gasteiger partial charge is 0.408 e. The fourth-order valence-electron chi connectivity index (χ4n) is 3.44. The van der Waals surface area contributed by atoms with Gasteiger partial charge in [0.25, 0.3) is 0 Å². The van der Waals surface area contributed by atoms with Crippen molar-refractivity contribution < 1.29 is 28.3 Å². The summed E-state index contributed by atoms with van der Waals surface area (Å²) < 4.78 is 20.1. The lowest BCUT2D eigenvalue weighted by Crippen LogP contribution is -2.59. The van der Waals surface area contributed by atoms with E-state index in [-0.39, 0.29) is 24.8 Å². The maximum absolute atomic E-state index is 12.5. The topological polar surface area (TPSA) is 179 Å². The summed E-state index contributed by atoms with van der Waals surface area (Å²) in [4.78, 5) is 25.0. The summed E-state index contributed by atoms with van der Waals surface area (Å²) in [6.45, 7) is 3.57. The Morgan fingerprint density at radius 1 is 0.684 bits per heavy atom. The molecule has 0 saturated carbocycles. The molecule has 2 amide bonds. The number of benzene rings is 2. The lowest BCUT2D eigenvalue weighted by atomic mass is 10.1. The zero-order valence-electron chi connectivity index (χ0n) is 20.6. The molecule has 0 saturated heterocycles. The largest absolute Gasteiger partial charge is 0.450 e. The number of nitrogens with one attached hydrogen (secondary N) is 4. The van der Waals surface area contributed by atoms with E-state index in [2.05, 4.69) is 41.9 Å². The van der Waals surface area contributed by atoms with Crippen LogP contribution in [0.4, 0.5) is 21.2 Å². The van der Waals surface area contributed by atoms with Gasteiger partial charge in [-0.25, -0.2) is 18.8 Å². The van der Waals surface area contributed by atoms with Gasteiger partial charge >= 0.3 is 12.2 Å². The second kappa shape index (κ2) is 12.7. The van der Waals surface area contributed by atoms with E-state index >= 15 is 0 Å². The minimum atomic E-state index is -1.09. The fraction of sp³-hybridized carbons (Fsp3) is 0.250. The molecule has 0 aliphatic heterocycles. The highest BCUT2D eigenvalue weighted by molar-refractivity contribution is 5.75. The summed E-state index contributed by atoms with van der Waals surface area (Å²) in [6, 6.07) is 18.3. The van der Waals surface area contributed by atoms with Gasteiger partial charge in [-0.3, -0.25) is 10.6 Å². The number of hydrogen-bond acceptors (Lipinski definition) is 12. The third kappa shape index (κ3) is 6.54. The Kier molecular flexibility index (Phi) is 8.68. The van der Waals surface area contributed by atoms with E-state index in [0.717, 1.165) is 0 Å². The van der Waals surface area contributed by atoms with Gasteiger partial charge in [0, 0.05) is 11.1 Å². The van der Waals surface area contributed by atoms with Crippen molar-refractivity contribution in [2.24, 2.45) is 0 Å². The SMILES string of the molecule is CCOC(=O)NC(Nc1nonc1-c1ccccc1)C(NC(=O)OCC)Nc1nonc1-c1ccccc1.